The van der Waals surface area contributed by atoms with Crippen LogP contribution in [-0.4, -0.2) is 17.0 Å². The summed E-state index contributed by atoms with van der Waals surface area (Å²) in [7, 11) is 0. The van der Waals surface area contributed by atoms with E-state index in [4.69, 9.17) is 5.73 Å². The van der Waals surface area contributed by atoms with Gasteiger partial charge in [-0.1, -0.05) is 30.3 Å². The number of halogens is 2. The number of nitrogens with one attached hydrogen (secondary N) is 1. The van der Waals surface area contributed by atoms with Crippen molar-refractivity contribution in [3.05, 3.63) is 85.0 Å². The summed E-state index contributed by atoms with van der Waals surface area (Å²) in [6, 6.07) is 14.5. The number of aromatic nitrogens is 1. The molecule has 1 aliphatic rings. The van der Waals surface area contributed by atoms with Crippen molar-refractivity contribution in [1.29, 1.82) is 0 Å². The molecular formula is C22H20FIN4O2. The van der Waals surface area contributed by atoms with E-state index in [9.17, 15) is 14.0 Å². The highest BCUT2D eigenvalue weighted by Crippen LogP contribution is 2.35. The SMILES string of the molecule is Cc1c(Nc2ccc(I)cc2F)c(C(N)=O)c2n(c1=O)CCN2Cc1ccccc1. The average molecular weight is 518 g/mol. The van der Waals surface area contributed by atoms with Gasteiger partial charge in [-0.15, -0.1) is 0 Å². The zero-order chi connectivity index (χ0) is 21.4. The first-order chi connectivity index (χ1) is 14.4. The molecule has 30 heavy (non-hydrogen) atoms. The Balaban J connectivity index is 1.85. The highest BCUT2D eigenvalue weighted by Gasteiger charge is 2.31. The predicted molar refractivity (Wildman–Crippen MR) is 124 cm³/mol. The first-order valence-corrected chi connectivity index (χ1v) is 10.5. The summed E-state index contributed by atoms with van der Waals surface area (Å²) in [5.74, 6) is -0.677. The van der Waals surface area contributed by atoms with Gasteiger partial charge in [-0.05, 0) is 53.3 Å². The van der Waals surface area contributed by atoms with E-state index in [1.54, 1.807) is 23.6 Å². The molecule has 4 rings (SSSR count). The monoisotopic (exact) mass is 518 g/mol. The average Bonchev–Trinajstić information content (AvgIpc) is 3.11. The minimum Gasteiger partial charge on any atom is -0.365 e. The summed E-state index contributed by atoms with van der Waals surface area (Å²) in [6.45, 7) is 3.18. The Labute approximate surface area is 186 Å². The normalized spacial score (nSPS) is 12.7. The van der Waals surface area contributed by atoms with E-state index in [0.717, 1.165) is 9.13 Å². The van der Waals surface area contributed by atoms with Crippen molar-refractivity contribution in [3.8, 4) is 0 Å². The maximum atomic E-state index is 14.5. The van der Waals surface area contributed by atoms with E-state index in [0.29, 0.717) is 31.0 Å². The van der Waals surface area contributed by atoms with Gasteiger partial charge in [-0.25, -0.2) is 4.39 Å². The first-order valence-electron chi connectivity index (χ1n) is 9.45. The van der Waals surface area contributed by atoms with E-state index in [1.165, 1.54) is 6.07 Å². The lowest BCUT2D eigenvalue weighted by Crippen LogP contribution is -2.29. The molecule has 1 aliphatic heterocycles. The molecule has 0 aliphatic carbocycles. The fraction of sp³-hybridized carbons (Fsp3) is 0.182. The number of hydrogen-bond donors (Lipinski definition) is 2. The second-order valence-electron chi connectivity index (χ2n) is 7.18. The number of nitrogens with two attached hydrogens (primary N) is 1. The molecule has 6 nitrogen and oxygen atoms in total. The van der Waals surface area contributed by atoms with Crippen molar-refractivity contribution >= 4 is 45.7 Å². The lowest BCUT2D eigenvalue weighted by atomic mass is 10.1. The molecule has 0 fully saturated rings. The Bertz CT molecular complexity index is 1190. The van der Waals surface area contributed by atoms with Crippen molar-refractivity contribution in [3.63, 3.8) is 0 Å². The van der Waals surface area contributed by atoms with Crippen molar-refractivity contribution in [2.24, 2.45) is 5.73 Å². The van der Waals surface area contributed by atoms with Gasteiger partial charge in [-0.3, -0.25) is 14.2 Å². The third kappa shape index (κ3) is 3.67. The molecule has 154 valence electrons. The summed E-state index contributed by atoms with van der Waals surface area (Å²) in [5, 5.41) is 2.95. The molecule has 3 aromatic rings. The molecule has 0 atom stereocenters. The van der Waals surface area contributed by atoms with Crippen LogP contribution in [0.5, 0.6) is 0 Å². The zero-order valence-corrected chi connectivity index (χ0v) is 18.4. The quantitative estimate of drug-likeness (QED) is 0.505. The number of anilines is 3. The molecule has 2 heterocycles. The van der Waals surface area contributed by atoms with Gasteiger partial charge in [0.15, 0.2) is 0 Å². The standard InChI is InChI=1S/C22H20FIN4O2/c1-13-19(26-17-8-7-15(24)11-16(17)23)18(20(25)29)21-27(9-10-28(21)22(13)30)12-14-5-3-2-4-6-14/h2-8,11,26H,9-10,12H2,1H3,(H2,25,29). The maximum absolute atomic E-state index is 14.5. The second kappa shape index (κ2) is 8.10. The lowest BCUT2D eigenvalue weighted by molar-refractivity contribution is 0.100. The number of primary amides is 1. The molecule has 2 aromatic carbocycles. The fourth-order valence-corrected chi connectivity index (χ4v) is 4.23. The van der Waals surface area contributed by atoms with Crippen LogP contribution in [0.1, 0.15) is 21.5 Å². The smallest absolute Gasteiger partial charge is 0.257 e. The molecule has 0 unspecified atom stereocenters. The molecular weight excluding hydrogens is 498 g/mol. The zero-order valence-electron chi connectivity index (χ0n) is 16.3. The molecule has 1 amide bonds. The Morgan fingerprint density at radius 3 is 2.60 bits per heavy atom. The van der Waals surface area contributed by atoms with Crippen LogP contribution >= 0.6 is 22.6 Å². The predicted octanol–water partition coefficient (Wildman–Crippen LogP) is 3.76. The van der Waals surface area contributed by atoms with Crippen molar-refractivity contribution in [2.75, 3.05) is 16.8 Å². The number of hydrogen-bond acceptors (Lipinski definition) is 4. The first kappa shape index (κ1) is 20.4. The third-order valence-electron chi connectivity index (χ3n) is 5.22. The third-order valence-corrected chi connectivity index (χ3v) is 5.89. The van der Waals surface area contributed by atoms with Crippen LogP contribution in [0.4, 0.5) is 21.6 Å². The Kier molecular flexibility index (Phi) is 5.50. The van der Waals surface area contributed by atoms with Crippen LogP contribution < -0.4 is 21.5 Å². The summed E-state index contributed by atoms with van der Waals surface area (Å²) < 4.78 is 16.8. The summed E-state index contributed by atoms with van der Waals surface area (Å²) in [6.07, 6.45) is 0. The minimum atomic E-state index is -0.671. The van der Waals surface area contributed by atoms with Gasteiger partial charge in [0, 0.05) is 28.8 Å². The molecule has 0 spiro atoms. The number of carbonyl (C=O) groups is 1. The van der Waals surface area contributed by atoms with Gasteiger partial charge in [0.1, 0.15) is 17.2 Å². The van der Waals surface area contributed by atoms with E-state index in [-0.39, 0.29) is 22.5 Å². The van der Waals surface area contributed by atoms with Crippen LogP contribution in [0.25, 0.3) is 0 Å². The number of carbonyl (C=O) groups excluding carboxylic acids is 1. The number of benzene rings is 2. The molecule has 0 saturated heterocycles. The molecule has 3 N–H and O–H groups in total. The summed E-state index contributed by atoms with van der Waals surface area (Å²) in [5.41, 5.74) is 7.53. The van der Waals surface area contributed by atoms with Crippen LogP contribution in [0.15, 0.2) is 53.3 Å². The topological polar surface area (TPSA) is 80.4 Å². The molecule has 8 heteroatoms. The highest BCUT2D eigenvalue weighted by atomic mass is 127. The highest BCUT2D eigenvalue weighted by molar-refractivity contribution is 14.1. The van der Waals surface area contributed by atoms with E-state index in [1.807, 2.05) is 57.8 Å². The number of rotatable bonds is 5. The molecule has 1 aromatic heterocycles. The number of nitrogens with zero attached hydrogens (tertiary/aromatic N) is 2. The molecule has 0 radical (unpaired) electrons. The van der Waals surface area contributed by atoms with Crippen molar-refractivity contribution in [2.45, 2.75) is 20.0 Å². The van der Waals surface area contributed by atoms with E-state index < -0.39 is 11.7 Å². The second-order valence-corrected chi connectivity index (χ2v) is 8.42. The Morgan fingerprint density at radius 1 is 1.20 bits per heavy atom. The van der Waals surface area contributed by atoms with Gasteiger partial charge in [0.05, 0.1) is 11.4 Å². The van der Waals surface area contributed by atoms with Gasteiger partial charge in [0.2, 0.25) is 0 Å². The van der Waals surface area contributed by atoms with Crippen LogP contribution in [-0.2, 0) is 13.1 Å². The Morgan fingerprint density at radius 2 is 1.93 bits per heavy atom. The van der Waals surface area contributed by atoms with Crippen LogP contribution in [0.3, 0.4) is 0 Å². The maximum Gasteiger partial charge on any atom is 0.257 e. The van der Waals surface area contributed by atoms with Crippen LogP contribution in [0.2, 0.25) is 0 Å². The number of fused-ring (bicyclic) bond motifs is 1. The molecule has 0 bridgehead atoms. The summed E-state index contributed by atoms with van der Waals surface area (Å²) >= 11 is 2.02. The van der Waals surface area contributed by atoms with Gasteiger partial charge in [-0.2, -0.15) is 0 Å². The van der Waals surface area contributed by atoms with Crippen molar-refractivity contribution in [1.82, 2.24) is 4.57 Å². The van der Waals surface area contributed by atoms with Gasteiger partial charge in [0.25, 0.3) is 11.5 Å². The van der Waals surface area contributed by atoms with Crippen molar-refractivity contribution < 1.29 is 9.18 Å². The summed E-state index contributed by atoms with van der Waals surface area (Å²) in [4.78, 5) is 27.5. The largest absolute Gasteiger partial charge is 0.365 e. The molecule has 0 saturated carbocycles. The minimum absolute atomic E-state index is 0.179. The fourth-order valence-electron chi connectivity index (χ4n) is 3.78. The number of amides is 1. The van der Waals surface area contributed by atoms with Crippen LogP contribution in [0, 0.1) is 16.3 Å². The van der Waals surface area contributed by atoms with Gasteiger partial charge >= 0.3 is 0 Å². The lowest BCUT2D eigenvalue weighted by Gasteiger charge is -2.24. The van der Waals surface area contributed by atoms with E-state index in [2.05, 4.69) is 5.32 Å². The Hall–Kier alpha value is -2.88. The number of pyridine rings is 1. The van der Waals surface area contributed by atoms with E-state index >= 15 is 0 Å². The van der Waals surface area contributed by atoms with Gasteiger partial charge < -0.3 is 16.0 Å².